The number of allylic oxidation sites excluding steroid dienone is 2. The van der Waals surface area contributed by atoms with Gasteiger partial charge >= 0.3 is 5.97 Å². The normalized spacial score (nSPS) is 24.4. The van der Waals surface area contributed by atoms with Crippen molar-refractivity contribution in [2.24, 2.45) is 5.92 Å². The number of hydrogen-bond donors (Lipinski definition) is 1. The van der Waals surface area contributed by atoms with Crippen LogP contribution in [0.3, 0.4) is 0 Å². The SMILES string of the molecule is CC1CCC(C(=O)O)N(C(=O)c2ccc(C3=CCCC3)cc2)C1. The Bertz CT molecular complexity index is 633. The summed E-state index contributed by atoms with van der Waals surface area (Å²) < 4.78 is 0. The van der Waals surface area contributed by atoms with Crippen molar-refractivity contribution in [2.45, 2.75) is 45.1 Å². The van der Waals surface area contributed by atoms with E-state index in [-0.39, 0.29) is 5.91 Å². The van der Waals surface area contributed by atoms with Gasteiger partial charge in [-0.25, -0.2) is 4.79 Å². The van der Waals surface area contributed by atoms with Gasteiger partial charge < -0.3 is 10.0 Å². The van der Waals surface area contributed by atoms with Gasteiger partial charge in [0.15, 0.2) is 0 Å². The van der Waals surface area contributed by atoms with Crippen LogP contribution in [0, 0.1) is 5.92 Å². The van der Waals surface area contributed by atoms with Gasteiger partial charge in [-0.05, 0) is 61.3 Å². The molecule has 1 aliphatic carbocycles. The zero-order valence-corrected chi connectivity index (χ0v) is 13.5. The maximum atomic E-state index is 12.7. The van der Waals surface area contributed by atoms with Crippen LogP contribution in [0.15, 0.2) is 30.3 Å². The Hall–Kier alpha value is -2.10. The Balaban J connectivity index is 1.79. The first-order valence-corrected chi connectivity index (χ1v) is 8.39. The lowest BCUT2D eigenvalue weighted by Crippen LogP contribution is -2.50. The van der Waals surface area contributed by atoms with Crippen LogP contribution >= 0.6 is 0 Å². The maximum absolute atomic E-state index is 12.7. The highest BCUT2D eigenvalue weighted by Gasteiger charge is 2.34. The number of carboxylic acids is 1. The third-order valence-electron chi connectivity index (χ3n) is 4.91. The van der Waals surface area contributed by atoms with E-state index in [1.807, 2.05) is 24.3 Å². The molecule has 23 heavy (non-hydrogen) atoms. The van der Waals surface area contributed by atoms with Crippen molar-refractivity contribution < 1.29 is 14.7 Å². The molecule has 0 saturated carbocycles. The quantitative estimate of drug-likeness (QED) is 0.928. The molecule has 3 rings (SSSR count). The minimum absolute atomic E-state index is 0.170. The number of likely N-dealkylation sites (tertiary alicyclic amines) is 1. The summed E-state index contributed by atoms with van der Waals surface area (Å²) in [6.45, 7) is 2.58. The summed E-state index contributed by atoms with van der Waals surface area (Å²) in [5, 5.41) is 9.38. The lowest BCUT2D eigenvalue weighted by atomic mass is 9.93. The molecule has 2 unspecified atom stereocenters. The minimum atomic E-state index is -0.905. The fourth-order valence-corrected chi connectivity index (χ4v) is 3.56. The molecule has 0 aromatic heterocycles. The molecular formula is C19H23NO3. The number of benzene rings is 1. The van der Waals surface area contributed by atoms with Crippen molar-refractivity contribution >= 4 is 17.4 Å². The summed E-state index contributed by atoms with van der Waals surface area (Å²) in [4.78, 5) is 25.7. The van der Waals surface area contributed by atoms with Gasteiger partial charge in [0, 0.05) is 12.1 Å². The molecule has 1 fully saturated rings. The molecule has 1 saturated heterocycles. The smallest absolute Gasteiger partial charge is 0.326 e. The second-order valence-corrected chi connectivity index (χ2v) is 6.69. The first kappa shape index (κ1) is 15.8. The molecule has 2 aliphatic rings. The van der Waals surface area contributed by atoms with E-state index in [0.29, 0.717) is 24.4 Å². The van der Waals surface area contributed by atoms with Crippen LogP contribution in [0.25, 0.3) is 5.57 Å². The lowest BCUT2D eigenvalue weighted by Gasteiger charge is -2.36. The van der Waals surface area contributed by atoms with E-state index in [0.717, 1.165) is 19.3 Å². The fourth-order valence-electron chi connectivity index (χ4n) is 3.56. The van der Waals surface area contributed by atoms with Gasteiger partial charge in [0.25, 0.3) is 5.91 Å². The van der Waals surface area contributed by atoms with Crippen molar-refractivity contribution in [3.8, 4) is 0 Å². The number of aliphatic carboxylic acids is 1. The largest absolute Gasteiger partial charge is 0.480 e. The number of hydrogen-bond acceptors (Lipinski definition) is 2. The molecule has 1 aromatic rings. The second kappa shape index (κ2) is 6.57. The predicted octanol–water partition coefficient (Wildman–Crippen LogP) is 3.58. The van der Waals surface area contributed by atoms with Gasteiger partial charge in [0.1, 0.15) is 6.04 Å². The third-order valence-corrected chi connectivity index (χ3v) is 4.91. The standard InChI is InChI=1S/C19H23NO3/c1-13-6-11-17(19(22)23)20(12-13)18(21)16-9-7-15(8-10-16)14-4-2-3-5-14/h4,7-10,13,17H,2-3,5-6,11-12H2,1H3,(H,22,23). The van der Waals surface area contributed by atoms with Gasteiger partial charge in [0.05, 0.1) is 0 Å². The van der Waals surface area contributed by atoms with E-state index in [1.54, 1.807) is 0 Å². The molecule has 4 heteroatoms. The van der Waals surface area contributed by atoms with Crippen molar-refractivity contribution in [3.05, 3.63) is 41.5 Å². The highest BCUT2D eigenvalue weighted by atomic mass is 16.4. The monoisotopic (exact) mass is 313 g/mol. The van der Waals surface area contributed by atoms with E-state index < -0.39 is 12.0 Å². The summed E-state index contributed by atoms with van der Waals surface area (Å²) in [6, 6.07) is 6.92. The van der Waals surface area contributed by atoms with Crippen LogP contribution in [-0.2, 0) is 4.79 Å². The Morgan fingerprint density at radius 3 is 2.52 bits per heavy atom. The van der Waals surface area contributed by atoms with Crippen molar-refractivity contribution in [3.63, 3.8) is 0 Å². The van der Waals surface area contributed by atoms with Crippen LogP contribution in [0.1, 0.15) is 54.9 Å². The van der Waals surface area contributed by atoms with Gasteiger partial charge in [-0.1, -0.05) is 25.1 Å². The summed E-state index contributed by atoms with van der Waals surface area (Å²) in [5.74, 6) is -0.730. The van der Waals surface area contributed by atoms with E-state index in [2.05, 4.69) is 13.0 Å². The molecule has 1 amide bonds. The Morgan fingerprint density at radius 2 is 1.91 bits per heavy atom. The molecule has 0 spiro atoms. The topological polar surface area (TPSA) is 57.6 Å². The fraction of sp³-hybridized carbons (Fsp3) is 0.474. The molecule has 1 aromatic carbocycles. The number of amides is 1. The molecule has 2 atom stereocenters. The van der Waals surface area contributed by atoms with Gasteiger partial charge in [-0.3, -0.25) is 4.79 Å². The molecule has 4 nitrogen and oxygen atoms in total. The Morgan fingerprint density at radius 1 is 1.17 bits per heavy atom. The third kappa shape index (κ3) is 3.31. The predicted molar refractivity (Wildman–Crippen MR) is 89.1 cm³/mol. The van der Waals surface area contributed by atoms with Crippen molar-refractivity contribution in [1.29, 1.82) is 0 Å². The zero-order chi connectivity index (χ0) is 16.4. The van der Waals surface area contributed by atoms with Crippen LogP contribution in [0.5, 0.6) is 0 Å². The van der Waals surface area contributed by atoms with Crippen molar-refractivity contribution in [1.82, 2.24) is 4.90 Å². The number of carbonyl (C=O) groups excluding carboxylic acids is 1. The molecular weight excluding hydrogens is 290 g/mol. The number of nitrogens with zero attached hydrogens (tertiary/aromatic N) is 1. The average Bonchev–Trinajstić information content (AvgIpc) is 3.08. The average molecular weight is 313 g/mol. The number of carbonyl (C=O) groups is 2. The molecule has 0 bridgehead atoms. The van der Waals surface area contributed by atoms with E-state index in [1.165, 1.54) is 22.5 Å². The first-order valence-electron chi connectivity index (χ1n) is 8.39. The minimum Gasteiger partial charge on any atom is -0.480 e. The maximum Gasteiger partial charge on any atom is 0.326 e. The van der Waals surface area contributed by atoms with Crippen molar-refractivity contribution in [2.75, 3.05) is 6.54 Å². The van der Waals surface area contributed by atoms with E-state index in [9.17, 15) is 14.7 Å². The lowest BCUT2D eigenvalue weighted by molar-refractivity contribution is -0.143. The van der Waals surface area contributed by atoms with E-state index >= 15 is 0 Å². The highest BCUT2D eigenvalue weighted by Crippen LogP contribution is 2.28. The number of carboxylic acid groups (broad SMARTS) is 1. The summed E-state index contributed by atoms with van der Waals surface area (Å²) in [6.07, 6.45) is 7.06. The van der Waals surface area contributed by atoms with E-state index in [4.69, 9.17) is 0 Å². The molecule has 122 valence electrons. The molecule has 0 radical (unpaired) electrons. The zero-order valence-electron chi connectivity index (χ0n) is 13.5. The van der Waals surface area contributed by atoms with Crippen LogP contribution < -0.4 is 0 Å². The summed E-state index contributed by atoms with van der Waals surface area (Å²) >= 11 is 0. The summed E-state index contributed by atoms with van der Waals surface area (Å²) in [7, 11) is 0. The van der Waals surface area contributed by atoms with Crippen LogP contribution in [0.2, 0.25) is 0 Å². The van der Waals surface area contributed by atoms with Crippen LogP contribution in [-0.4, -0.2) is 34.5 Å². The Kier molecular flexibility index (Phi) is 4.51. The highest BCUT2D eigenvalue weighted by molar-refractivity contribution is 5.97. The second-order valence-electron chi connectivity index (χ2n) is 6.69. The van der Waals surface area contributed by atoms with Gasteiger partial charge in [0.2, 0.25) is 0 Å². The Labute approximate surface area is 136 Å². The summed E-state index contributed by atoms with van der Waals surface area (Å²) in [5.41, 5.74) is 3.09. The van der Waals surface area contributed by atoms with Gasteiger partial charge in [-0.2, -0.15) is 0 Å². The number of rotatable bonds is 3. The number of piperidine rings is 1. The molecule has 1 heterocycles. The molecule has 1 N–H and O–H groups in total. The first-order chi connectivity index (χ1) is 11.1. The van der Waals surface area contributed by atoms with Gasteiger partial charge in [-0.15, -0.1) is 0 Å². The molecule has 1 aliphatic heterocycles. The van der Waals surface area contributed by atoms with Crippen LogP contribution in [0.4, 0.5) is 0 Å².